The van der Waals surface area contributed by atoms with E-state index in [1.165, 1.54) is 12.8 Å². The van der Waals surface area contributed by atoms with Crippen molar-refractivity contribution in [3.05, 3.63) is 18.5 Å². The maximum atomic E-state index is 4.35. The van der Waals surface area contributed by atoms with Crippen LogP contribution < -0.4 is 5.32 Å². The van der Waals surface area contributed by atoms with Gasteiger partial charge in [-0.15, -0.1) is 0 Å². The highest BCUT2D eigenvalue weighted by Gasteiger charge is 2.19. The lowest BCUT2D eigenvalue weighted by Gasteiger charge is -2.27. The molecule has 0 spiro atoms. The molecule has 0 fully saturated rings. The van der Waals surface area contributed by atoms with Crippen molar-refractivity contribution in [2.24, 2.45) is 0 Å². The highest BCUT2D eigenvalue weighted by atomic mass is 15.3. The predicted molar refractivity (Wildman–Crippen MR) is 63.9 cm³/mol. The van der Waals surface area contributed by atoms with Crippen LogP contribution in [-0.4, -0.2) is 22.4 Å². The highest BCUT2D eigenvalue weighted by molar-refractivity contribution is 4.86. The molecular weight excluding hydrogens is 186 g/mol. The molecule has 2 unspecified atom stereocenters. The summed E-state index contributed by atoms with van der Waals surface area (Å²) in [6.07, 6.45) is 7.48. The molecule has 1 N–H and O–H groups in total. The summed E-state index contributed by atoms with van der Waals surface area (Å²) >= 11 is 0. The molecule has 0 bridgehead atoms. The number of hydrogen-bond donors (Lipinski definition) is 1. The van der Waals surface area contributed by atoms with Crippen molar-refractivity contribution >= 4 is 0 Å². The molecule has 2 atom stereocenters. The standard InChI is InChI=1S/C12H23N3/c1-4-8-11(13-6-3)12(5-2)15-10-7-9-14-15/h7,9-13H,4-6,8H2,1-3H3. The number of aromatic nitrogens is 2. The molecule has 0 amide bonds. The van der Waals surface area contributed by atoms with Crippen LogP contribution in [0.5, 0.6) is 0 Å². The number of nitrogens with zero attached hydrogens (tertiary/aromatic N) is 2. The lowest BCUT2D eigenvalue weighted by Crippen LogP contribution is -2.37. The first-order valence-electron chi connectivity index (χ1n) is 6.05. The van der Waals surface area contributed by atoms with Gasteiger partial charge in [-0.1, -0.05) is 27.2 Å². The van der Waals surface area contributed by atoms with Gasteiger partial charge in [-0.2, -0.15) is 5.10 Å². The summed E-state index contributed by atoms with van der Waals surface area (Å²) in [7, 11) is 0. The van der Waals surface area contributed by atoms with Crippen molar-refractivity contribution < 1.29 is 0 Å². The van der Waals surface area contributed by atoms with E-state index in [2.05, 4.69) is 42.1 Å². The maximum absolute atomic E-state index is 4.35. The molecule has 86 valence electrons. The third-order valence-electron chi connectivity index (χ3n) is 2.81. The van der Waals surface area contributed by atoms with Gasteiger partial charge in [0.05, 0.1) is 6.04 Å². The minimum Gasteiger partial charge on any atom is -0.312 e. The topological polar surface area (TPSA) is 29.9 Å². The summed E-state index contributed by atoms with van der Waals surface area (Å²) in [6, 6.07) is 3.03. The maximum Gasteiger partial charge on any atom is 0.0669 e. The van der Waals surface area contributed by atoms with Gasteiger partial charge in [0, 0.05) is 18.4 Å². The molecule has 1 aromatic heterocycles. The molecule has 0 saturated carbocycles. The molecule has 0 aliphatic carbocycles. The second kappa shape index (κ2) is 6.62. The summed E-state index contributed by atoms with van der Waals surface area (Å²) < 4.78 is 2.09. The van der Waals surface area contributed by atoms with Crippen molar-refractivity contribution in [2.75, 3.05) is 6.54 Å². The first-order valence-corrected chi connectivity index (χ1v) is 6.05. The largest absolute Gasteiger partial charge is 0.312 e. The molecule has 15 heavy (non-hydrogen) atoms. The zero-order chi connectivity index (χ0) is 11.1. The summed E-state index contributed by atoms with van der Waals surface area (Å²) in [4.78, 5) is 0. The van der Waals surface area contributed by atoms with Gasteiger partial charge in [0.2, 0.25) is 0 Å². The minimum atomic E-state index is 0.486. The fourth-order valence-electron chi connectivity index (χ4n) is 2.14. The fourth-order valence-corrected chi connectivity index (χ4v) is 2.14. The number of likely N-dealkylation sites (N-methyl/N-ethyl adjacent to an activating group) is 1. The van der Waals surface area contributed by atoms with E-state index in [-0.39, 0.29) is 0 Å². The van der Waals surface area contributed by atoms with Crippen LogP contribution in [0.4, 0.5) is 0 Å². The molecule has 3 nitrogen and oxygen atoms in total. The average molecular weight is 209 g/mol. The van der Waals surface area contributed by atoms with Crippen molar-refractivity contribution in [1.82, 2.24) is 15.1 Å². The van der Waals surface area contributed by atoms with Crippen LogP contribution in [0, 0.1) is 0 Å². The molecule has 0 aliphatic rings. The van der Waals surface area contributed by atoms with E-state index in [1.807, 2.05) is 12.3 Å². The first-order chi connectivity index (χ1) is 7.33. The Balaban J connectivity index is 2.69. The van der Waals surface area contributed by atoms with Gasteiger partial charge in [0.15, 0.2) is 0 Å². The Morgan fingerprint density at radius 2 is 2.13 bits per heavy atom. The molecule has 0 aliphatic heterocycles. The Hall–Kier alpha value is -0.830. The minimum absolute atomic E-state index is 0.486. The Kier molecular flexibility index (Phi) is 5.40. The van der Waals surface area contributed by atoms with Gasteiger partial charge in [0.1, 0.15) is 0 Å². The lowest BCUT2D eigenvalue weighted by molar-refractivity contribution is 0.304. The predicted octanol–water partition coefficient (Wildman–Crippen LogP) is 2.61. The molecule has 0 radical (unpaired) electrons. The smallest absolute Gasteiger partial charge is 0.0669 e. The number of rotatable bonds is 7. The normalized spacial score (nSPS) is 15.1. The van der Waals surface area contributed by atoms with E-state index in [9.17, 15) is 0 Å². The van der Waals surface area contributed by atoms with Crippen LogP contribution in [0.3, 0.4) is 0 Å². The molecule has 1 heterocycles. The Labute approximate surface area is 92.9 Å². The van der Waals surface area contributed by atoms with Gasteiger partial charge in [-0.05, 0) is 25.5 Å². The van der Waals surface area contributed by atoms with Gasteiger partial charge < -0.3 is 5.32 Å². The average Bonchev–Trinajstić information content (AvgIpc) is 2.73. The molecule has 1 rings (SSSR count). The fraction of sp³-hybridized carbons (Fsp3) is 0.750. The van der Waals surface area contributed by atoms with Crippen LogP contribution in [0.15, 0.2) is 18.5 Å². The summed E-state index contributed by atoms with van der Waals surface area (Å²) in [5.74, 6) is 0. The third-order valence-corrected chi connectivity index (χ3v) is 2.81. The molecule has 0 saturated heterocycles. The van der Waals surface area contributed by atoms with Crippen LogP contribution in [0.1, 0.15) is 46.1 Å². The molecular formula is C12H23N3. The quantitative estimate of drug-likeness (QED) is 0.748. The highest BCUT2D eigenvalue weighted by Crippen LogP contribution is 2.18. The zero-order valence-corrected chi connectivity index (χ0v) is 10.1. The van der Waals surface area contributed by atoms with Crippen LogP contribution in [0.2, 0.25) is 0 Å². The Morgan fingerprint density at radius 1 is 1.33 bits per heavy atom. The summed E-state index contributed by atoms with van der Waals surface area (Å²) in [5.41, 5.74) is 0. The van der Waals surface area contributed by atoms with E-state index in [1.54, 1.807) is 0 Å². The van der Waals surface area contributed by atoms with Gasteiger partial charge >= 0.3 is 0 Å². The second-order valence-corrected chi connectivity index (χ2v) is 3.91. The summed E-state index contributed by atoms with van der Waals surface area (Å²) in [6.45, 7) is 7.66. The van der Waals surface area contributed by atoms with Gasteiger partial charge in [0.25, 0.3) is 0 Å². The number of hydrogen-bond acceptors (Lipinski definition) is 2. The second-order valence-electron chi connectivity index (χ2n) is 3.91. The monoisotopic (exact) mass is 209 g/mol. The van der Waals surface area contributed by atoms with E-state index in [0.29, 0.717) is 12.1 Å². The van der Waals surface area contributed by atoms with E-state index >= 15 is 0 Å². The lowest BCUT2D eigenvalue weighted by atomic mass is 10.0. The first kappa shape index (κ1) is 12.2. The van der Waals surface area contributed by atoms with Crippen LogP contribution in [0.25, 0.3) is 0 Å². The van der Waals surface area contributed by atoms with Crippen molar-refractivity contribution in [2.45, 2.75) is 52.1 Å². The third kappa shape index (κ3) is 3.34. The van der Waals surface area contributed by atoms with Crippen molar-refractivity contribution in [3.63, 3.8) is 0 Å². The Bertz CT molecular complexity index is 237. The summed E-state index contributed by atoms with van der Waals surface area (Å²) in [5, 5.41) is 7.91. The van der Waals surface area contributed by atoms with E-state index < -0.39 is 0 Å². The molecule has 0 aromatic carbocycles. The van der Waals surface area contributed by atoms with Crippen LogP contribution >= 0.6 is 0 Å². The molecule has 3 heteroatoms. The van der Waals surface area contributed by atoms with Gasteiger partial charge in [-0.3, -0.25) is 4.68 Å². The number of nitrogens with one attached hydrogen (secondary N) is 1. The molecule has 1 aromatic rings. The SMILES string of the molecule is CCCC(NCC)C(CC)n1cccn1. The Morgan fingerprint density at radius 3 is 2.60 bits per heavy atom. The van der Waals surface area contributed by atoms with Gasteiger partial charge in [-0.25, -0.2) is 0 Å². The zero-order valence-electron chi connectivity index (χ0n) is 10.1. The van der Waals surface area contributed by atoms with Crippen molar-refractivity contribution in [1.29, 1.82) is 0 Å². The van der Waals surface area contributed by atoms with Crippen molar-refractivity contribution in [3.8, 4) is 0 Å². The van der Waals surface area contributed by atoms with Crippen LogP contribution in [-0.2, 0) is 0 Å². The van der Waals surface area contributed by atoms with E-state index in [4.69, 9.17) is 0 Å². The van der Waals surface area contributed by atoms with E-state index in [0.717, 1.165) is 13.0 Å².